The highest BCUT2D eigenvalue weighted by Gasteiger charge is 2.06. The number of hydrogen-bond donors (Lipinski definition) is 3. The average Bonchev–Trinajstić information content (AvgIpc) is 1.98. The maximum absolute atomic E-state index is 8.23. The highest BCUT2D eigenvalue weighted by molar-refractivity contribution is 7.42. The van der Waals surface area contributed by atoms with Crippen LogP contribution >= 0.6 is 8.53 Å². The molecule has 7 heteroatoms. The molecule has 0 spiro atoms. The molecule has 0 radical (unpaired) electrons. The topological polar surface area (TPSA) is 109 Å². The van der Waals surface area contributed by atoms with Crippen LogP contribution < -0.4 is 5.25 Å². The summed E-state index contributed by atoms with van der Waals surface area (Å²) in [5.74, 6) is -0.891. The summed E-state index contributed by atoms with van der Waals surface area (Å²) in [5, 5.41) is 18.2. The van der Waals surface area contributed by atoms with Gasteiger partial charge < -0.3 is 9.79 Å². The van der Waals surface area contributed by atoms with Gasteiger partial charge >= 0.3 is 0 Å². The molecule has 0 aliphatic rings. The predicted molar refractivity (Wildman–Crippen MR) is 35.2 cm³/mol. The second-order valence-corrected chi connectivity index (χ2v) is 2.26. The molecule has 3 N–H and O–H groups in total. The van der Waals surface area contributed by atoms with E-state index in [1.807, 2.05) is 5.25 Å². The van der Waals surface area contributed by atoms with Crippen molar-refractivity contribution >= 4 is 8.53 Å². The second-order valence-electron chi connectivity index (χ2n) is 1.50. The van der Waals surface area contributed by atoms with Crippen LogP contribution in [0.2, 0.25) is 0 Å². The number of nitriles is 2. The highest BCUT2D eigenvalue weighted by atomic mass is 31.2. The first kappa shape index (κ1) is 10.2. The fourth-order valence-electron chi connectivity index (χ4n) is 0.282. The number of hydrogen-bond acceptors (Lipinski definition) is 6. The Morgan fingerprint density at radius 1 is 1.45 bits per heavy atom. The SMILES string of the molecule is N#CC(C#N)CONP(O)O. The lowest BCUT2D eigenvalue weighted by Crippen LogP contribution is -2.13. The molecule has 0 aliphatic heterocycles. The summed E-state index contributed by atoms with van der Waals surface area (Å²) in [5.41, 5.74) is 0. The van der Waals surface area contributed by atoms with Gasteiger partial charge in [-0.05, 0) is 0 Å². The summed E-state index contributed by atoms with van der Waals surface area (Å²) in [6.45, 7) is -0.188. The van der Waals surface area contributed by atoms with Crippen molar-refractivity contribution in [3.8, 4) is 12.1 Å². The molecule has 0 aromatic carbocycles. The molecule has 0 aromatic heterocycles. The molecule has 0 saturated heterocycles. The van der Waals surface area contributed by atoms with Crippen molar-refractivity contribution in [2.45, 2.75) is 0 Å². The standard InChI is InChI=1S/C4H6N3O3P/c5-1-4(2-6)3-10-7-11(8)9/h4,7-9H,3H2. The van der Waals surface area contributed by atoms with Crippen molar-refractivity contribution in [2.24, 2.45) is 5.92 Å². The Kier molecular flexibility index (Phi) is 5.58. The van der Waals surface area contributed by atoms with Gasteiger partial charge in [-0.3, -0.25) is 4.84 Å². The molecule has 0 heterocycles. The number of rotatable bonds is 4. The van der Waals surface area contributed by atoms with E-state index in [9.17, 15) is 0 Å². The molecule has 0 aromatic rings. The van der Waals surface area contributed by atoms with E-state index in [1.54, 1.807) is 12.1 Å². The van der Waals surface area contributed by atoms with Crippen molar-refractivity contribution < 1.29 is 14.6 Å². The molecule has 0 aliphatic carbocycles. The van der Waals surface area contributed by atoms with Gasteiger partial charge in [-0.15, -0.1) is 5.25 Å². The molecule has 0 atom stereocenters. The third-order valence-electron chi connectivity index (χ3n) is 0.708. The van der Waals surface area contributed by atoms with E-state index in [0.29, 0.717) is 0 Å². The molecule has 0 fully saturated rings. The first-order valence-corrected chi connectivity index (χ1v) is 3.80. The van der Waals surface area contributed by atoms with Gasteiger partial charge in [0.15, 0.2) is 5.92 Å². The molecular weight excluding hydrogens is 169 g/mol. The minimum absolute atomic E-state index is 0.188. The molecule has 0 bridgehead atoms. The molecule has 60 valence electrons. The van der Waals surface area contributed by atoms with E-state index in [2.05, 4.69) is 4.84 Å². The molecule has 11 heavy (non-hydrogen) atoms. The highest BCUT2D eigenvalue weighted by Crippen LogP contribution is 2.14. The summed E-state index contributed by atoms with van der Waals surface area (Å²) in [6.07, 6.45) is 0. The molecular formula is C4H6N3O3P. The van der Waals surface area contributed by atoms with E-state index in [1.165, 1.54) is 0 Å². The normalized spacial score (nSPS) is 9.64. The minimum atomic E-state index is -2.33. The molecule has 0 rings (SSSR count). The van der Waals surface area contributed by atoms with Crippen LogP contribution in [-0.4, -0.2) is 16.4 Å². The van der Waals surface area contributed by atoms with Crippen molar-refractivity contribution in [2.75, 3.05) is 6.61 Å². The zero-order valence-corrected chi connectivity index (χ0v) is 6.32. The zero-order valence-electron chi connectivity index (χ0n) is 5.43. The Labute approximate surface area is 64.6 Å². The van der Waals surface area contributed by atoms with Gasteiger partial charge in [-0.1, -0.05) is 0 Å². The Morgan fingerprint density at radius 2 is 2.00 bits per heavy atom. The largest absolute Gasteiger partial charge is 0.337 e. The average molecular weight is 175 g/mol. The molecule has 0 saturated carbocycles. The lowest BCUT2D eigenvalue weighted by Gasteiger charge is -2.04. The maximum Gasteiger partial charge on any atom is 0.275 e. The van der Waals surface area contributed by atoms with Crippen LogP contribution in [0.4, 0.5) is 0 Å². The van der Waals surface area contributed by atoms with E-state index >= 15 is 0 Å². The van der Waals surface area contributed by atoms with Crippen LogP contribution in [0.25, 0.3) is 0 Å². The monoisotopic (exact) mass is 175 g/mol. The van der Waals surface area contributed by atoms with Gasteiger partial charge in [0.2, 0.25) is 0 Å². The lowest BCUT2D eigenvalue weighted by atomic mass is 10.2. The minimum Gasteiger partial charge on any atom is -0.337 e. The van der Waals surface area contributed by atoms with Crippen LogP contribution in [0, 0.1) is 28.6 Å². The lowest BCUT2D eigenvalue weighted by molar-refractivity contribution is 0.0762. The van der Waals surface area contributed by atoms with Crippen molar-refractivity contribution in [1.82, 2.24) is 5.25 Å². The smallest absolute Gasteiger partial charge is 0.275 e. The Balaban J connectivity index is 3.40. The summed E-state index contributed by atoms with van der Waals surface area (Å²) in [4.78, 5) is 20.8. The summed E-state index contributed by atoms with van der Waals surface area (Å²) in [6, 6.07) is 3.29. The Morgan fingerprint density at radius 3 is 2.36 bits per heavy atom. The zero-order chi connectivity index (χ0) is 8.69. The van der Waals surface area contributed by atoms with Gasteiger partial charge in [-0.25, -0.2) is 0 Å². The van der Waals surface area contributed by atoms with Gasteiger partial charge in [0, 0.05) is 0 Å². The number of nitrogens with zero attached hydrogens (tertiary/aromatic N) is 2. The van der Waals surface area contributed by atoms with Crippen molar-refractivity contribution in [3.05, 3.63) is 0 Å². The van der Waals surface area contributed by atoms with E-state index < -0.39 is 14.4 Å². The Bertz CT molecular complexity index is 170. The predicted octanol–water partition coefficient (Wildman–Crippen LogP) is -0.618. The molecule has 0 unspecified atom stereocenters. The van der Waals surface area contributed by atoms with Gasteiger partial charge in [0.05, 0.1) is 18.7 Å². The third-order valence-corrected chi connectivity index (χ3v) is 1.00. The quantitative estimate of drug-likeness (QED) is 0.388. The van der Waals surface area contributed by atoms with Crippen LogP contribution in [0.15, 0.2) is 0 Å². The summed E-state index contributed by atoms with van der Waals surface area (Å²) >= 11 is 0. The maximum atomic E-state index is 8.23. The van der Waals surface area contributed by atoms with Crippen LogP contribution in [0.1, 0.15) is 0 Å². The van der Waals surface area contributed by atoms with Gasteiger partial charge in [0.25, 0.3) is 8.53 Å². The number of nitrogens with one attached hydrogen (secondary N) is 1. The van der Waals surface area contributed by atoms with Crippen LogP contribution in [0.3, 0.4) is 0 Å². The van der Waals surface area contributed by atoms with Crippen molar-refractivity contribution in [3.63, 3.8) is 0 Å². The fourth-order valence-corrected chi connectivity index (χ4v) is 0.472. The van der Waals surface area contributed by atoms with Crippen molar-refractivity contribution in [1.29, 1.82) is 10.5 Å². The van der Waals surface area contributed by atoms with Gasteiger partial charge in [0.1, 0.15) is 0 Å². The first-order chi connectivity index (χ1) is 5.20. The fraction of sp³-hybridized carbons (Fsp3) is 0.500. The Hall–Kier alpha value is -0.750. The summed E-state index contributed by atoms with van der Waals surface area (Å²) in [7, 11) is -2.33. The van der Waals surface area contributed by atoms with Crippen LogP contribution in [0.5, 0.6) is 0 Å². The van der Waals surface area contributed by atoms with E-state index in [0.717, 1.165) is 0 Å². The molecule has 6 nitrogen and oxygen atoms in total. The van der Waals surface area contributed by atoms with E-state index in [4.69, 9.17) is 20.3 Å². The third kappa shape index (κ3) is 5.68. The molecule has 0 amide bonds. The van der Waals surface area contributed by atoms with Gasteiger partial charge in [-0.2, -0.15) is 10.5 Å². The summed E-state index contributed by atoms with van der Waals surface area (Å²) < 4.78 is 0. The van der Waals surface area contributed by atoms with Crippen LogP contribution in [-0.2, 0) is 4.84 Å². The first-order valence-electron chi connectivity index (χ1n) is 2.55. The van der Waals surface area contributed by atoms with E-state index in [-0.39, 0.29) is 6.61 Å². The second kappa shape index (κ2) is 5.99.